The molecule has 3 rings (SSSR count). The van der Waals surface area contributed by atoms with E-state index in [1.165, 1.54) is 0 Å². The minimum atomic E-state index is -1.28. The highest BCUT2D eigenvalue weighted by Gasteiger charge is 2.50. The number of nitrogens with one attached hydrogen (secondary N) is 2. The van der Waals surface area contributed by atoms with Crippen LogP contribution in [0.5, 0.6) is 0 Å². The molecule has 1 aromatic heterocycles. The third kappa shape index (κ3) is 3.39. The summed E-state index contributed by atoms with van der Waals surface area (Å²) in [6.45, 7) is 1.20. The van der Waals surface area contributed by atoms with E-state index < -0.39 is 23.4 Å². The molecule has 2 aromatic rings. The minimum absolute atomic E-state index is 0.372. The number of carbonyl (C=O) groups is 3. The van der Waals surface area contributed by atoms with Crippen molar-refractivity contribution in [3.8, 4) is 0 Å². The highest BCUT2D eigenvalue weighted by Crippen LogP contribution is 2.27. The fourth-order valence-electron chi connectivity index (χ4n) is 2.55. The van der Waals surface area contributed by atoms with Gasteiger partial charge in [-0.1, -0.05) is 22.0 Å². The van der Waals surface area contributed by atoms with Crippen LogP contribution in [0, 0.1) is 0 Å². The molecule has 1 aromatic carbocycles. The van der Waals surface area contributed by atoms with E-state index in [4.69, 9.17) is 0 Å². The average molecular weight is 403 g/mol. The second-order valence-corrected chi connectivity index (χ2v) is 6.63. The Morgan fingerprint density at radius 3 is 2.60 bits per heavy atom. The maximum Gasteiger partial charge on any atom is 0.325 e. The number of hydrogen-bond donors (Lipinski definition) is 2. The Kier molecular flexibility index (Phi) is 4.54. The van der Waals surface area contributed by atoms with E-state index in [0.717, 1.165) is 9.37 Å². The Balaban J connectivity index is 1.72. The van der Waals surface area contributed by atoms with Crippen LogP contribution in [0.3, 0.4) is 0 Å². The Hall–Kier alpha value is -2.74. The van der Waals surface area contributed by atoms with Crippen LogP contribution in [-0.2, 0) is 15.1 Å². The van der Waals surface area contributed by atoms with Crippen LogP contribution in [0.1, 0.15) is 12.6 Å². The van der Waals surface area contributed by atoms with Gasteiger partial charge in [-0.2, -0.15) is 0 Å². The van der Waals surface area contributed by atoms with Gasteiger partial charge in [0, 0.05) is 16.4 Å². The lowest BCUT2D eigenvalue weighted by Gasteiger charge is -2.20. The summed E-state index contributed by atoms with van der Waals surface area (Å²) in [5, 5.41) is 5.27. The van der Waals surface area contributed by atoms with Crippen molar-refractivity contribution in [2.45, 2.75) is 12.5 Å². The van der Waals surface area contributed by atoms with Crippen LogP contribution in [0.2, 0.25) is 0 Å². The summed E-state index contributed by atoms with van der Waals surface area (Å²) in [6, 6.07) is 11.5. The fourth-order valence-corrected chi connectivity index (χ4v) is 2.81. The Labute approximate surface area is 152 Å². The van der Waals surface area contributed by atoms with Gasteiger partial charge < -0.3 is 10.6 Å². The molecule has 7 nitrogen and oxygen atoms in total. The van der Waals surface area contributed by atoms with Gasteiger partial charge in [0.05, 0.1) is 5.69 Å². The maximum absolute atomic E-state index is 12.7. The molecule has 25 heavy (non-hydrogen) atoms. The number of benzene rings is 1. The second kappa shape index (κ2) is 6.64. The largest absolute Gasteiger partial charge is 0.325 e. The third-order valence-corrected chi connectivity index (χ3v) is 4.41. The molecular weight excluding hydrogens is 388 g/mol. The van der Waals surface area contributed by atoms with Crippen molar-refractivity contribution in [1.29, 1.82) is 0 Å². The molecule has 128 valence electrons. The SMILES string of the molecule is CC1(c2ccccn2)NC(=O)N(CC(=O)Nc2ccc(Br)cc2)C1=O. The molecule has 2 N–H and O–H groups in total. The predicted molar refractivity (Wildman–Crippen MR) is 94.6 cm³/mol. The maximum atomic E-state index is 12.7. The normalized spacial score (nSPS) is 19.7. The quantitative estimate of drug-likeness (QED) is 0.767. The molecule has 0 bridgehead atoms. The van der Waals surface area contributed by atoms with Gasteiger partial charge in [0.1, 0.15) is 6.54 Å². The highest BCUT2D eigenvalue weighted by molar-refractivity contribution is 9.10. The molecule has 1 aliphatic rings. The minimum Gasteiger partial charge on any atom is -0.325 e. The van der Waals surface area contributed by atoms with Crippen molar-refractivity contribution in [2.75, 3.05) is 11.9 Å². The number of carbonyl (C=O) groups excluding carboxylic acids is 3. The Bertz CT molecular complexity index is 826. The van der Waals surface area contributed by atoms with Gasteiger partial charge in [-0.25, -0.2) is 4.79 Å². The molecule has 4 amide bonds. The van der Waals surface area contributed by atoms with Crippen LogP contribution in [0.25, 0.3) is 0 Å². The number of halogens is 1. The first-order valence-electron chi connectivity index (χ1n) is 7.51. The summed E-state index contributed by atoms with van der Waals surface area (Å²) in [6.07, 6.45) is 1.54. The van der Waals surface area contributed by atoms with Crippen LogP contribution in [0.4, 0.5) is 10.5 Å². The Morgan fingerprint density at radius 1 is 1.24 bits per heavy atom. The second-order valence-electron chi connectivity index (χ2n) is 5.72. The highest BCUT2D eigenvalue weighted by atomic mass is 79.9. The van der Waals surface area contributed by atoms with E-state index in [0.29, 0.717) is 11.4 Å². The van der Waals surface area contributed by atoms with E-state index in [9.17, 15) is 14.4 Å². The van der Waals surface area contributed by atoms with Gasteiger partial charge in [0.25, 0.3) is 5.91 Å². The zero-order chi connectivity index (χ0) is 18.0. The summed E-state index contributed by atoms with van der Waals surface area (Å²) in [4.78, 5) is 42.1. The lowest BCUT2D eigenvalue weighted by molar-refractivity contribution is -0.133. The van der Waals surface area contributed by atoms with Gasteiger partial charge >= 0.3 is 6.03 Å². The number of imide groups is 1. The van der Waals surface area contributed by atoms with E-state index in [-0.39, 0.29) is 6.54 Å². The summed E-state index contributed by atoms with van der Waals surface area (Å²) in [5.74, 6) is -0.974. The molecule has 1 atom stereocenters. The molecule has 1 aliphatic heterocycles. The van der Waals surface area contributed by atoms with Crippen LogP contribution >= 0.6 is 15.9 Å². The zero-order valence-electron chi connectivity index (χ0n) is 13.3. The van der Waals surface area contributed by atoms with Crippen molar-refractivity contribution in [3.05, 3.63) is 58.8 Å². The zero-order valence-corrected chi connectivity index (χ0v) is 14.9. The molecule has 2 heterocycles. The van der Waals surface area contributed by atoms with Crippen molar-refractivity contribution in [1.82, 2.24) is 15.2 Å². The number of pyridine rings is 1. The molecule has 0 radical (unpaired) electrons. The van der Waals surface area contributed by atoms with Crippen LogP contribution in [0.15, 0.2) is 53.1 Å². The number of rotatable bonds is 4. The number of nitrogens with zero attached hydrogens (tertiary/aromatic N) is 2. The van der Waals surface area contributed by atoms with Crippen molar-refractivity contribution >= 4 is 39.5 Å². The number of amides is 4. The van der Waals surface area contributed by atoms with Crippen LogP contribution in [-0.4, -0.2) is 34.3 Å². The molecule has 0 aliphatic carbocycles. The van der Waals surface area contributed by atoms with Gasteiger partial charge in [-0.15, -0.1) is 0 Å². The summed E-state index contributed by atoms with van der Waals surface area (Å²) < 4.78 is 0.880. The predicted octanol–water partition coefficient (Wildman–Crippen LogP) is 2.25. The number of anilines is 1. The summed E-state index contributed by atoms with van der Waals surface area (Å²) in [7, 11) is 0. The summed E-state index contributed by atoms with van der Waals surface area (Å²) >= 11 is 3.31. The molecule has 0 saturated carbocycles. The lowest BCUT2D eigenvalue weighted by atomic mass is 9.97. The van der Waals surface area contributed by atoms with E-state index in [1.807, 2.05) is 0 Å². The molecule has 1 fully saturated rings. The molecule has 0 spiro atoms. The topological polar surface area (TPSA) is 91.4 Å². The van der Waals surface area contributed by atoms with Crippen molar-refractivity contribution < 1.29 is 14.4 Å². The standard InChI is InChI=1S/C17H15BrN4O3/c1-17(13-4-2-3-9-19-13)15(24)22(16(25)21-17)10-14(23)20-12-7-5-11(18)6-8-12/h2-9H,10H2,1H3,(H,20,23)(H,21,25). The first-order chi connectivity index (χ1) is 11.9. The van der Waals surface area contributed by atoms with Gasteiger partial charge in [0.15, 0.2) is 5.54 Å². The fraction of sp³-hybridized carbons (Fsp3) is 0.176. The number of urea groups is 1. The van der Waals surface area contributed by atoms with Gasteiger partial charge in [-0.3, -0.25) is 19.5 Å². The van der Waals surface area contributed by atoms with Crippen molar-refractivity contribution in [2.24, 2.45) is 0 Å². The van der Waals surface area contributed by atoms with Crippen molar-refractivity contribution in [3.63, 3.8) is 0 Å². The van der Waals surface area contributed by atoms with E-state index in [1.54, 1.807) is 55.6 Å². The van der Waals surface area contributed by atoms with Crippen LogP contribution < -0.4 is 10.6 Å². The van der Waals surface area contributed by atoms with E-state index in [2.05, 4.69) is 31.5 Å². The smallest absolute Gasteiger partial charge is 0.325 e. The number of aromatic nitrogens is 1. The molecular formula is C17H15BrN4O3. The Morgan fingerprint density at radius 2 is 1.96 bits per heavy atom. The monoisotopic (exact) mass is 402 g/mol. The molecule has 1 unspecified atom stereocenters. The first-order valence-corrected chi connectivity index (χ1v) is 8.30. The molecule has 8 heteroatoms. The van der Waals surface area contributed by atoms with E-state index >= 15 is 0 Å². The van der Waals surface area contributed by atoms with Gasteiger partial charge in [-0.05, 0) is 43.3 Å². The molecule has 1 saturated heterocycles. The third-order valence-electron chi connectivity index (χ3n) is 3.88. The first kappa shape index (κ1) is 17.1. The van der Waals surface area contributed by atoms with Gasteiger partial charge in [0.2, 0.25) is 5.91 Å². The average Bonchev–Trinajstić information content (AvgIpc) is 2.82. The number of hydrogen-bond acceptors (Lipinski definition) is 4. The lowest BCUT2D eigenvalue weighted by Crippen LogP contribution is -2.42. The summed E-state index contributed by atoms with van der Waals surface area (Å²) in [5.41, 5.74) is -0.284.